The number of aliphatic hydroxyl groups excluding tert-OH is 1. The van der Waals surface area contributed by atoms with Crippen LogP contribution in [0, 0.1) is 6.07 Å². The minimum Gasteiger partial charge on any atom is -0.387 e. The molecule has 2 saturated heterocycles. The van der Waals surface area contributed by atoms with Crippen molar-refractivity contribution in [3.63, 3.8) is 0 Å². The third-order valence-corrected chi connectivity index (χ3v) is 4.68. The number of aliphatic hydroxyl groups is 2. The predicted molar refractivity (Wildman–Crippen MR) is 84.9 cm³/mol. The molecule has 2 N–H and O–H groups in total. The van der Waals surface area contributed by atoms with Crippen LogP contribution < -0.4 is 0 Å². The van der Waals surface area contributed by atoms with Crippen molar-refractivity contribution in [3.05, 3.63) is 71.8 Å². The van der Waals surface area contributed by atoms with E-state index in [1.54, 1.807) is 24.3 Å². The van der Waals surface area contributed by atoms with Gasteiger partial charge in [-0.15, -0.1) is 0 Å². The Hall–Kier alpha value is -1.76. The largest absolute Gasteiger partial charge is 0.387 e. The van der Waals surface area contributed by atoms with Crippen LogP contribution in [0.4, 0.5) is 0 Å². The highest BCUT2D eigenvalue weighted by Gasteiger charge is 2.55. The van der Waals surface area contributed by atoms with Gasteiger partial charge in [-0.3, -0.25) is 0 Å². The van der Waals surface area contributed by atoms with Gasteiger partial charge in [-0.25, -0.2) is 0 Å². The summed E-state index contributed by atoms with van der Waals surface area (Å²) >= 11 is 0. The van der Waals surface area contributed by atoms with E-state index in [0.717, 1.165) is 5.56 Å². The van der Waals surface area contributed by atoms with Crippen LogP contribution >= 0.6 is 0 Å². The lowest BCUT2D eigenvalue weighted by Crippen LogP contribution is -2.64. The summed E-state index contributed by atoms with van der Waals surface area (Å²) in [4.78, 5) is 0. The molecule has 0 aliphatic carbocycles. The van der Waals surface area contributed by atoms with Gasteiger partial charge in [-0.2, -0.15) is 0 Å². The molecule has 0 amide bonds. The molecule has 5 heteroatoms. The molecule has 1 unspecified atom stereocenters. The van der Waals surface area contributed by atoms with E-state index in [9.17, 15) is 10.2 Å². The molecule has 0 bridgehead atoms. The molecule has 5 atom stereocenters. The summed E-state index contributed by atoms with van der Waals surface area (Å²) in [5.41, 5.74) is -0.116. The summed E-state index contributed by atoms with van der Waals surface area (Å²) in [6, 6.07) is 19.3. The maximum Gasteiger partial charge on any atom is 0.184 e. The number of hydrogen-bond acceptors (Lipinski definition) is 5. The van der Waals surface area contributed by atoms with E-state index < -0.39 is 30.2 Å². The second-order valence-electron chi connectivity index (χ2n) is 6.13. The van der Waals surface area contributed by atoms with Crippen LogP contribution in [0.15, 0.2) is 54.6 Å². The van der Waals surface area contributed by atoms with E-state index in [0.29, 0.717) is 5.56 Å². The fourth-order valence-electron chi connectivity index (χ4n) is 3.38. The Labute approximate surface area is 140 Å². The van der Waals surface area contributed by atoms with E-state index in [2.05, 4.69) is 6.07 Å². The second-order valence-corrected chi connectivity index (χ2v) is 6.13. The molecule has 0 saturated carbocycles. The maximum atomic E-state index is 11.3. The smallest absolute Gasteiger partial charge is 0.184 e. The molecule has 24 heavy (non-hydrogen) atoms. The molecule has 2 aromatic carbocycles. The zero-order valence-corrected chi connectivity index (χ0v) is 13.0. The van der Waals surface area contributed by atoms with Crippen LogP contribution in [0.25, 0.3) is 0 Å². The fraction of sp³-hybridized carbons (Fsp3) is 0.368. The summed E-state index contributed by atoms with van der Waals surface area (Å²) in [7, 11) is 0. The highest BCUT2D eigenvalue weighted by atomic mass is 16.7. The average Bonchev–Trinajstić information content (AvgIpc) is 2.66. The SMILES string of the molecule is O[C@H]1CO[C@@H]2COC(c3ccccc3)O[C@H]2[C@@]1(O)c1cc[c]cc1. The van der Waals surface area contributed by atoms with Gasteiger partial charge in [0, 0.05) is 5.56 Å². The Morgan fingerprint density at radius 3 is 2.50 bits per heavy atom. The molecule has 0 aromatic heterocycles. The van der Waals surface area contributed by atoms with E-state index in [4.69, 9.17) is 14.2 Å². The molecule has 0 spiro atoms. The molecule has 2 aliphatic heterocycles. The average molecular weight is 327 g/mol. The van der Waals surface area contributed by atoms with Gasteiger partial charge >= 0.3 is 0 Å². The Balaban J connectivity index is 1.68. The van der Waals surface area contributed by atoms with Gasteiger partial charge in [0.2, 0.25) is 0 Å². The second kappa shape index (κ2) is 6.27. The van der Waals surface area contributed by atoms with Crippen molar-refractivity contribution in [2.45, 2.75) is 30.2 Å². The monoisotopic (exact) mass is 327 g/mol. The topological polar surface area (TPSA) is 68.2 Å². The minimum absolute atomic E-state index is 0.0268. The molecule has 4 rings (SSSR count). The van der Waals surface area contributed by atoms with E-state index in [1.807, 2.05) is 30.3 Å². The van der Waals surface area contributed by atoms with Crippen LogP contribution in [-0.2, 0) is 19.8 Å². The van der Waals surface area contributed by atoms with E-state index in [1.165, 1.54) is 0 Å². The summed E-state index contributed by atoms with van der Waals surface area (Å²) in [6.07, 6.45) is -2.87. The van der Waals surface area contributed by atoms with Crippen LogP contribution in [0.1, 0.15) is 17.4 Å². The zero-order chi connectivity index (χ0) is 16.6. The van der Waals surface area contributed by atoms with Gasteiger partial charge in [0.05, 0.1) is 13.2 Å². The van der Waals surface area contributed by atoms with Gasteiger partial charge in [-0.05, 0) is 11.6 Å². The fourth-order valence-corrected chi connectivity index (χ4v) is 3.38. The molecule has 2 fully saturated rings. The summed E-state index contributed by atoms with van der Waals surface area (Å²) in [6.45, 7) is 0.317. The van der Waals surface area contributed by atoms with Crippen LogP contribution in [-0.4, -0.2) is 41.7 Å². The summed E-state index contributed by atoms with van der Waals surface area (Å²) < 4.78 is 17.4. The molecule has 125 valence electrons. The number of rotatable bonds is 2. The van der Waals surface area contributed by atoms with Crippen molar-refractivity contribution < 1.29 is 24.4 Å². The first-order chi connectivity index (χ1) is 11.7. The van der Waals surface area contributed by atoms with Crippen molar-refractivity contribution in [2.24, 2.45) is 0 Å². The van der Waals surface area contributed by atoms with Crippen LogP contribution in [0.3, 0.4) is 0 Å². The van der Waals surface area contributed by atoms with Gasteiger partial charge in [-0.1, -0.05) is 54.6 Å². The molecule has 1 radical (unpaired) electrons. The Morgan fingerprint density at radius 1 is 1.00 bits per heavy atom. The van der Waals surface area contributed by atoms with Crippen molar-refractivity contribution in [3.8, 4) is 0 Å². The van der Waals surface area contributed by atoms with Crippen molar-refractivity contribution in [2.75, 3.05) is 13.2 Å². The van der Waals surface area contributed by atoms with E-state index >= 15 is 0 Å². The lowest BCUT2D eigenvalue weighted by Gasteiger charge is -2.50. The number of benzene rings is 2. The minimum atomic E-state index is -1.56. The first-order valence-corrected chi connectivity index (χ1v) is 8.00. The molecule has 5 nitrogen and oxygen atoms in total. The van der Waals surface area contributed by atoms with Crippen molar-refractivity contribution in [1.29, 1.82) is 0 Å². The highest BCUT2D eigenvalue weighted by Crippen LogP contribution is 2.42. The first kappa shape index (κ1) is 15.7. The van der Waals surface area contributed by atoms with Crippen LogP contribution in [0.5, 0.6) is 0 Å². The molecular formula is C19H19O5. The van der Waals surface area contributed by atoms with Gasteiger partial charge < -0.3 is 24.4 Å². The predicted octanol–water partition coefficient (Wildman–Crippen LogP) is 1.55. The van der Waals surface area contributed by atoms with Crippen LogP contribution in [0.2, 0.25) is 0 Å². The standard InChI is InChI=1S/C19H19O5/c20-16-12-22-15-11-23-18(13-7-3-1-4-8-13)24-17(15)19(16,21)14-9-5-2-6-10-14/h1,3-10,15-18,20-21H,11-12H2/t15-,16+,17-,18?,19-/m1/s1. The third-order valence-electron chi connectivity index (χ3n) is 4.68. The van der Waals surface area contributed by atoms with Crippen molar-refractivity contribution >= 4 is 0 Å². The molecule has 2 aromatic rings. The maximum absolute atomic E-state index is 11.3. The summed E-state index contributed by atoms with van der Waals surface area (Å²) in [5, 5.41) is 21.8. The number of fused-ring (bicyclic) bond motifs is 1. The Bertz CT molecular complexity index is 677. The zero-order valence-electron chi connectivity index (χ0n) is 13.0. The molecule has 2 heterocycles. The van der Waals surface area contributed by atoms with Gasteiger partial charge in [0.1, 0.15) is 23.9 Å². The van der Waals surface area contributed by atoms with E-state index in [-0.39, 0.29) is 13.2 Å². The van der Waals surface area contributed by atoms with Crippen molar-refractivity contribution in [1.82, 2.24) is 0 Å². The summed E-state index contributed by atoms with van der Waals surface area (Å²) in [5.74, 6) is 0. The highest BCUT2D eigenvalue weighted by molar-refractivity contribution is 5.27. The quantitative estimate of drug-likeness (QED) is 0.876. The normalized spacial score (nSPS) is 36.1. The molecular weight excluding hydrogens is 308 g/mol. The first-order valence-electron chi connectivity index (χ1n) is 8.00. The Kier molecular flexibility index (Phi) is 4.12. The lowest BCUT2D eigenvalue weighted by atomic mass is 9.78. The third kappa shape index (κ3) is 2.55. The van der Waals surface area contributed by atoms with Gasteiger partial charge in [0.15, 0.2) is 6.29 Å². The lowest BCUT2D eigenvalue weighted by molar-refractivity contribution is -0.345. The Morgan fingerprint density at radius 2 is 1.75 bits per heavy atom. The van der Waals surface area contributed by atoms with Gasteiger partial charge in [0.25, 0.3) is 0 Å². The number of ether oxygens (including phenoxy) is 3. The number of hydrogen-bond donors (Lipinski definition) is 2. The molecule has 2 aliphatic rings.